The first-order valence-electron chi connectivity index (χ1n) is 2.69. The van der Waals surface area contributed by atoms with E-state index in [-0.39, 0.29) is 5.82 Å². The average Bonchev–Trinajstić information content (AvgIpc) is 1.89. The highest BCUT2D eigenvalue weighted by atomic mass is 32.1. The van der Waals surface area contributed by atoms with Gasteiger partial charge in [-0.15, -0.1) is 0 Å². The van der Waals surface area contributed by atoms with E-state index in [0.717, 1.165) is 0 Å². The highest BCUT2D eigenvalue weighted by molar-refractivity contribution is 7.79. The molecule has 1 rings (SSSR count). The molecular weight excluding hydrogens is 135 g/mol. The van der Waals surface area contributed by atoms with Crippen LogP contribution >= 0.6 is 12.6 Å². The van der Waals surface area contributed by atoms with E-state index in [4.69, 9.17) is 0 Å². The average molecular weight is 142 g/mol. The van der Waals surface area contributed by atoms with Crippen LogP contribution in [-0.4, -0.2) is 0 Å². The fourth-order valence-corrected chi connectivity index (χ4v) is 0.883. The molecule has 1 aromatic rings. The fourth-order valence-electron chi connectivity index (χ4n) is 0.627. The molecule has 2 heteroatoms. The van der Waals surface area contributed by atoms with E-state index < -0.39 is 0 Å². The van der Waals surface area contributed by atoms with Gasteiger partial charge in [0.2, 0.25) is 0 Å². The normalized spacial score (nSPS) is 9.56. The quantitative estimate of drug-likeness (QED) is 0.571. The van der Waals surface area contributed by atoms with Gasteiger partial charge in [0.25, 0.3) is 0 Å². The minimum Gasteiger partial charge on any atom is -0.207 e. The van der Waals surface area contributed by atoms with Crippen LogP contribution in [0.25, 0.3) is 0 Å². The van der Waals surface area contributed by atoms with Crippen LogP contribution in [0.2, 0.25) is 0 Å². The van der Waals surface area contributed by atoms with Crippen LogP contribution in [0, 0.1) is 5.82 Å². The summed E-state index contributed by atoms with van der Waals surface area (Å²) in [6.45, 7) is 0. The van der Waals surface area contributed by atoms with Crippen LogP contribution in [0.4, 0.5) is 4.39 Å². The zero-order chi connectivity index (χ0) is 6.69. The first-order chi connectivity index (χ1) is 4.34. The van der Waals surface area contributed by atoms with E-state index in [1.54, 1.807) is 18.2 Å². The Morgan fingerprint density at radius 2 is 2.00 bits per heavy atom. The molecule has 0 spiro atoms. The second-order valence-electron chi connectivity index (χ2n) is 1.75. The van der Waals surface area contributed by atoms with E-state index in [0.29, 0.717) is 11.3 Å². The van der Waals surface area contributed by atoms with Crippen molar-refractivity contribution in [3.63, 3.8) is 0 Å². The third-order valence-electron chi connectivity index (χ3n) is 1.13. The standard InChI is InChI=1S/C7H7FS/c8-7-4-2-1-3-6(7)5-9/h1-4,9H,5H2. The number of hydrogen-bond acceptors (Lipinski definition) is 1. The molecule has 0 aliphatic rings. The predicted octanol–water partition coefficient (Wildman–Crippen LogP) is 2.26. The molecule has 0 aromatic heterocycles. The van der Waals surface area contributed by atoms with E-state index in [9.17, 15) is 4.39 Å². The van der Waals surface area contributed by atoms with Crippen LogP contribution in [0.5, 0.6) is 0 Å². The molecule has 9 heavy (non-hydrogen) atoms. The summed E-state index contributed by atoms with van der Waals surface area (Å²) in [5.41, 5.74) is 0.654. The van der Waals surface area contributed by atoms with Crippen LogP contribution in [0.1, 0.15) is 5.56 Å². The topological polar surface area (TPSA) is 0 Å². The SMILES string of the molecule is Fc1ccccc1CS. The van der Waals surface area contributed by atoms with Crippen LogP contribution in [-0.2, 0) is 5.75 Å². The smallest absolute Gasteiger partial charge is 0.127 e. The third kappa shape index (κ3) is 1.45. The minimum atomic E-state index is -0.174. The fraction of sp³-hybridized carbons (Fsp3) is 0.143. The Kier molecular flexibility index (Phi) is 2.11. The molecule has 0 atom stereocenters. The van der Waals surface area contributed by atoms with Gasteiger partial charge < -0.3 is 0 Å². The zero-order valence-corrected chi connectivity index (χ0v) is 5.74. The van der Waals surface area contributed by atoms with Gasteiger partial charge >= 0.3 is 0 Å². The lowest BCUT2D eigenvalue weighted by Crippen LogP contribution is -1.82. The van der Waals surface area contributed by atoms with Crippen molar-refractivity contribution in [3.05, 3.63) is 35.6 Å². The Balaban J connectivity index is 3.01. The minimum absolute atomic E-state index is 0.174. The van der Waals surface area contributed by atoms with Crippen LogP contribution < -0.4 is 0 Å². The van der Waals surface area contributed by atoms with E-state index in [2.05, 4.69) is 12.6 Å². The Hall–Kier alpha value is -0.500. The van der Waals surface area contributed by atoms with E-state index >= 15 is 0 Å². The van der Waals surface area contributed by atoms with Gasteiger partial charge in [-0.25, -0.2) is 4.39 Å². The number of thiol groups is 1. The van der Waals surface area contributed by atoms with Crippen LogP contribution in [0.15, 0.2) is 24.3 Å². The van der Waals surface area contributed by atoms with Crippen LogP contribution in [0.3, 0.4) is 0 Å². The van der Waals surface area contributed by atoms with Gasteiger partial charge in [-0.2, -0.15) is 12.6 Å². The molecule has 0 fully saturated rings. The molecule has 0 saturated heterocycles. The first-order valence-corrected chi connectivity index (χ1v) is 3.32. The molecule has 48 valence electrons. The van der Waals surface area contributed by atoms with Gasteiger partial charge in [-0.3, -0.25) is 0 Å². The molecule has 0 heterocycles. The number of benzene rings is 1. The third-order valence-corrected chi connectivity index (χ3v) is 1.47. The molecule has 0 aliphatic heterocycles. The molecule has 0 bridgehead atoms. The van der Waals surface area contributed by atoms with Crippen molar-refractivity contribution >= 4 is 12.6 Å². The second-order valence-corrected chi connectivity index (χ2v) is 2.07. The maximum absolute atomic E-state index is 12.5. The van der Waals surface area contributed by atoms with Gasteiger partial charge in [0, 0.05) is 5.75 Å². The molecule has 0 nitrogen and oxygen atoms in total. The molecule has 0 saturated carbocycles. The van der Waals surface area contributed by atoms with Gasteiger partial charge in [-0.1, -0.05) is 18.2 Å². The Labute approximate surface area is 59.1 Å². The maximum atomic E-state index is 12.5. The van der Waals surface area contributed by atoms with Gasteiger partial charge in [-0.05, 0) is 11.6 Å². The summed E-state index contributed by atoms with van der Waals surface area (Å²) >= 11 is 3.94. The number of hydrogen-bond donors (Lipinski definition) is 1. The molecule has 0 radical (unpaired) electrons. The highest BCUT2D eigenvalue weighted by Gasteiger charge is 1.94. The van der Waals surface area contributed by atoms with E-state index in [1.807, 2.05) is 0 Å². The summed E-state index contributed by atoms with van der Waals surface area (Å²) < 4.78 is 12.5. The van der Waals surface area contributed by atoms with Gasteiger partial charge in [0.05, 0.1) is 0 Å². The van der Waals surface area contributed by atoms with Crippen molar-refractivity contribution in [1.82, 2.24) is 0 Å². The lowest BCUT2D eigenvalue weighted by atomic mass is 10.2. The largest absolute Gasteiger partial charge is 0.207 e. The molecule has 1 aromatic carbocycles. The molecule has 0 aliphatic carbocycles. The van der Waals surface area contributed by atoms with Crippen molar-refractivity contribution in [2.24, 2.45) is 0 Å². The molecular formula is C7H7FS. The van der Waals surface area contributed by atoms with Gasteiger partial charge in [0.15, 0.2) is 0 Å². The zero-order valence-electron chi connectivity index (χ0n) is 4.84. The highest BCUT2D eigenvalue weighted by Crippen LogP contribution is 2.07. The number of rotatable bonds is 1. The Morgan fingerprint density at radius 3 is 2.44 bits per heavy atom. The molecule has 0 N–H and O–H groups in total. The lowest BCUT2D eigenvalue weighted by Gasteiger charge is -1.94. The second kappa shape index (κ2) is 2.87. The molecule has 0 unspecified atom stereocenters. The van der Waals surface area contributed by atoms with Crippen molar-refractivity contribution in [2.45, 2.75) is 5.75 Å². The summed E-state index contributed by atoms with van der Waals surface area (Å²) in [6.07, 6.45) is 0. The first kappa shape index (κ1) is 6.62. The van der Waals surface area contributed by atoms with Gasteiger partial charge in [0.1, 0.15) is 5.82 Å². The predicted molar refractivity (Wildman–Crippen MR) is 39.1 cm³/mol. The summed E-state index contributed by atoms with van der Waals surface area (Å²) in [6, 6.07) is 6.63. The number of halogens is 1. The lowest BCUT2D eigenvalue weighted by molar-refractivity contribution is 0.617. The maximum Gasteiger partial charge on any atom is 0.127 e. The van der Waals surface area contributed by atoms with E-state index in [1.165, 1.54) is 6.07 Å². The summed E-state index contributed by atoms with van der Waals surface area (Å²) in [7, 11) is 0. The van der Waals surface area contributed by atoms with Crippen molar-refractivity contribution in [1.29, 1.82) is 0 Å². The molecule has 0 amide bonds. The monoisotopic (exact) mass is 142 g/mol. The Morgan fingerprint density at radius 1 is 1.33 bits per heavy atom. The summed E-state index contributed by atoms with van der Waals surface area (Å²) in [5, 5.41) is 0. The Bertz CT molecular complexity index is 198. The van der Waals surface area contributed by atoms with Crippen molar-refractivity contribution in [3.8, 4) is 0 Å². The summed E-state index contributed by atoms with van der Waals surface area (Å²) in [5.74, 6) is 0.291. The van der Waals surface area contributed by atoms with Crippen molar-refractivity contribution in [2.75, 3.05) is 0 Å². The summed E-state index contributed by atoms with van der Waals surface area (Å²) in [4.78, 5) is 0. The van der Waals surface area contributed by atoms with Crippen molar-refractivity contribution < 1.29 is 4.39 Å².